The van der Waals surface area contributed by atoms with Crippen molar-refractivity contribution in [3.63, 3.8) is 0 Å². The molecule has 1 heterocycles. The number of halogens is 1. The van der Waals surface area contributed by atoms with Gasteiger partial charge in [-0.05, 0) is 35.4 Å². The van der Waals surface area contributed by atoms with Gasteiger partial charge in [0.25, 0.3) is 0 Å². The maximum atomic E-state index is 5.93. The van der Waals surface area contributed by atoms with E-state index in [0.29, 0.717) is 0 Å². The molecule has 1 fully saturated rings. The summed E-state index contributed by atoms with van der Waals surface area (Å²) in [7, 11) is 1.68. The van der Waals surface area contributed by atoms with Gasteiger partial charge in [-0.3, -0.25) is 9.91 Å². The number of benzene rings is 2. The Bertz CT molecular complexity index is 679. The number of rotatable bonds is 5. The van der Waals surface area contributed by atoms with Crippen molar-refractivity contribution in [2.75, 3.05) is 33.3 Å². The third-order valence-electron chi connectivity index (χ3n) is 4.13. The molecule has 126 valence electrons. The van der Waals surface area contributed by atoms with Crippen LogP contribution in [0.3, 0.4) is 0 Å². The van der Waals surface area contributed by atoms with Gasteiger partial charge in [-0.2, -0.15) is 5.10 Å². The van der Waals surface area contributed by atoms with Crippen LogP contribution in [0.5, 0.6) is 5.75 Å². The smallest absolute Gasteiger partial charge is 0.119 e. The summed E-state index contributed by atoms with van der Waals surface area (Å²) in [5.74, 6) is 0.853. The molecule has 3 rings (SSSR count). The van der Waals surface area contributed by atoms with E-state index in [-0.39, 0.29) is 0 Å². The van der Waals surface area contributed by atoms with Gasteiger partial charge in [0.05, 0.1) is 13.3 Å². The Balaban J connectivity index is 1.49. The lowest BCUT2D eigenvalue weighted by Gasteiger charge is -2.33. The molecule has 2 aromatic carbocycles. The molecule has 0 aliphatic carbocycles. The van der Waals surface area contributed by atoms with Crippen molar-refractivity contribution in [1.82, 2.24) is 9.91 Å². The molecule has 1 aliphatic heterocycles. The second kappa shape index (κ2) is 8.18. The van der Waals surface area contributed by atoms with E-state index >= 15 is 0 Å². The third-order valence-corrected chi connectivity index (χ3v) is 4.38. The standard InChI is InChI=1S/C19H22ClN3O/c1-24-19-4-2-3-17(13-19)14-21-23-11-9-22(10-12-23)15-16-5-7-18(20)8-6-16/h2-8,13-14H,9-12,15H2,1H3/b21-14-. The summed E-state index contributed by atoms with van der Waals surface area (Å²) in [6.07, 6.45) is 1.90. The number of ether oxygens (including phenoxy) is 1. The largest absolute Gasteiger partial charge is 0.497 e. The van der Waals surface area contributed by atoms with E-state index < -0.39 is 0 Å². The van der Waals surface area contributed by atoms with Crippen molar-refractivity contribution in [1.29, 1.82) is 0 Å². The van der Waals surface area contributed by atoms with Crippen LogP contribution in [0.15, 0.2) is 53.6 Å². The van der Waals surface area contributed by atoms with Gasteiger partial charge in [0.15, 0.2) is 0 Å². The van der Waals surface area contributed by atoms with Crippen LogP contribution in [-0.2, 0) is 6.54 Å². The van der Waals surface area contributed by atoms with Crippen LogP contribution in [0, 0.1) is 0 Å². The maximum Gasteiger partial charge on any atom is 0.119 e. The fourth-order valence-corrected chi connectivity index (χ4v) is 2.86. The molecule has 5 heteroatoms. The van der Waals surface area contributed by atoms with Crippen molar-refractivity contribution in [3.8, 4) is 5.75 Å². The van der Waals surface area contributed by atoms with Crippen molar-refractivity contribution < 1.29 is 4.74 Å². The van der Waals surface area contributed by atoms with Crippen LogP contribution in [0.4, 0.5) is 0 Å². The molecule has 0 amide bonds. The summed E-state index contributed by atoms with van der Waals surface area (Å²) in [6, 6.07) is 16.0. The van der Waals surface area contributed by atoms with Gasteiger partial charge in [-0.15, -0.1) is 0 Å². The summed E-state index contributed by atoms with van der Waals surface area (Å²) in [4.78, 5) is 2.45. The molecule has 0 saturated carbocycles. The molecule has 0 radical (unpaired) electrons. The highest BCUT2D eigenvalue weighted by atomic mass is 35.5. The maximum absolute atomic E-state index is 5.93. The van der Waals surface area contributed by atoms with Gasteiger partial charge in [0.1, 0.15) is 5.75 Å². The minimum Gasteiger partial charge on any atom is -0.497 e. The number of methoxy groups -OCH3 is 1. The molecule has 0 aromatic heterocycles. The second-order valence-electron chi connectivity index (χ2n) is 5.88. The summed E-state index contributed by atoms with van der Waals surface area (Å²) in [5, 5.41) is 7.50. The predicted molar refractivity (Wildman–Crippen MR) is 98.9 cm³/mol. The molecule has 0 unspecified atom stereocenters. The zero-order valence-corrected chi connectivity index (χ0v) is 14.6. The fourth-order valence-electron chi connectivity index (χ4n) is 2.73. The van der Waals surface area contributed by atoms with Crippen molar-refractivity contribution >= 4 is 17.8 Å². The Hall–Kier alpha value is -2.04. The van der Waals surface area contributed by atoms with Crippen LogP contribution in [0.25, 0.3) is 0 Å². The first kappa shape index (κ1) is 16.8. The lowest BCUT2D eigenvalue weighted by Crippen LogP contribution is -2.43. The zero-order chi connectivity index (χ0) is 16.8. The molecule has 0 bridgehead atoms. The molecule has 1 aliphatic rings. The van der Waals surface area contributed by atoms with Gasteiger partial charge in [-0.1, -0.05) is 35.9 Å². The fraction of sp³-hybridized carbons (Fsp3) is 0.316. The van der Waals surface area contributed by atoms with Crippen LogP contribution in [0.1, 0.15) is 11.1 Å². The van der Waals surface area contributed by atoms with E-state index in [1.54, 1.807) is 7.11 Å². The quantitative estimate of drug-likeness (QED) is 0.778. The minimum atomic E-state index is 0.787. The van der Waals surface area contributed by atoms with E-state index in [4.69, 9.17) is 16.3 Å². The number of nitrogens with zero attached hydrogens (tertiary/aromatic N) is 3. The first-order chi connectivity index (χ1) is 11.7. The molecule has 0 atom stereocenters. The summed E-state index contributed by atoms with van der Waals surface area (Å²) >= 11 is 5.93. The van der Waals surface area contributed by atoms with Gasteiger partial charge in [-0.25, -0.2) is 0 Å². The van der Waals surface area contributed by atoms with Crippen molar-refractivity contribution in [3.05, 3.63) is 64.7 Å². The summed E-state index contributed by atoms with van der Waals surface area (Å²) < 4.78 is 5.23. The lowest BCUT2D eigenvalue weighted by molar-refractivity contribution is 0.131. The Morgan fingerprint density at radius 3 is 2.54 bits per heavy atom. The predicted octanol–water partition coefficient (Wildman–Crippen LogP) is 3.50. The Morgan fingerprint density at radius 2 is 1.83 bits per heavy atom. The first-order valence-corrected chi connectivity index (χ1v) is 8.50. The van der Waals surface area contributed by atoms with Crippen LogP contribution in [-0.4, -0.2) is 49.4 Å². The van der Waals surface area contributed by atoms with E-state index in [1.807, 2.05) is 42.6 Å². The SMILES string of the molecule is COc1cccc(/C=N\N2CCN(Cc3ccc(Cl)cc3)CC2)c1. The van der Waals surface area contributed by atoms with E-state index in [1.165, 1.54) is 5.56 Å². The number of hydrazone groups is 1. The van der Waals surface area contributed by atoms with Gasteiger partial charge >= 0.3 is 0 Å². The van der Waals surface area contributed by atoms with Crippen LogP contribution >= 0.6 is 11.6 Å². The van der Waals surface area contributed by atoms with Crippen LogP contribution in [0.2, 0.25) is 5.02 Å². The average molecular weight is 344 g/mol. The average Bonchev–Trinajstić information content (AvgIpc) is 2.63. The number of hydrogen-bond donors (Lipinski definition) is 0. The highest BCUT2D eigenvalue weighted by Gasteiger charge is 2.15. The zero-order valence-electron chi connectivity index (χ0n) is 13.9. The van der Waals surface area contributed by atoms with E-state index in [2.05, 4.69) is 27.1 Å². The highest BCUT2D eigenvalue weighted by molar-refractivity contribution is 6.30. The van der Waals surface area contributed by atoms with Crippen molar-refractivity contribution in [2.24, 2.45) is 5.10 Å². The van der Waals surface area contributed by atoms with E-state index in [9.17, 15) is 0 Å². The first-order valence-electron chi connectivity index (χ1n) is 8.13. The molecule has 0 N–H and O–H groups in total. The monoisotopic (exact) mass is 343 g/mol. The third kappa shape index (κ3) is 4.73. The Kier molecular flexibility index (Phi) is 5.72. The van der Waals surface area contributed by atoms with Gasteiger partial charge < -0.3 is 4.74 Å². The molecule has 24 heavy (non-hydrogen) atoms. The second-order valence-corrected chi connectivity index (χ2v) is 6.31. The van der Waals surface area contributed by atoms with E-state index in [0.717, 1.165) is 49.1 Å². The molecule has 2 aromatic rings. The Morgan fingerprint density at radius 1 is 1.08 bits per heavy atom. The summed E-state index contributed by atoms with van der Waals surface area (Å²) in [5.41, 5.74) is 2.35. The van der Waals surface area contributed by atoms with Crippen LogP contribution < -0.4 is 4.74 Å². The lowest BCUT2D eigenvalue weighted by atomic mass is 10.2. The normalized spacial score (nSPS) is 15.8. The van der Waals surface area contributed by atoms with Gasteiger partial charge in [0, 0.05) is 37.7 Å². The molecule has 1 saturated heterocycles. The molecule has 4 nitrogen and oxygen atoms in total. The molecule has 0 spiro atoms. The topological polar surface area (TPSA) is 28.1 Å². The Labute approximate surface area is 148 Å². The van der Waals surface area contributed by atoms with Crippen molar-refractivity contribution in [2.45, 2.75) is 6.54 Å². The molecular weight excluding hydrogens is 322 g/mol. The highest BCUT2D eigenvalue weighted by Crippen LogP contribution is 2.14. The minimum absolute atomic E-state index is 0.787. The number of hydrogen-bond acceptors (Lipinski definition) is 4. The van der Waals surface area contributed by atoms with Gasteiger partial charge in [0.2, 0.25) is 0 Å². The summed E-state index contributed by atoms with van der Waals surface area (Å²) in [6.45, 7) is 4.86. The number of piperazine rings is 1. The molecular formula is C19H22ClN3O.